The molecule has 0 aromatic heterocycles. The number of anilines is 2. The van der Waals surface area contributed by atoms with E-state index < -0.39 is 23.9 Å². The summed E-state index contributed by atoms with van der Waals surface area (Å²) in [6.45, 7) is 2.52. The monoisotopic (exact) mass is 423 g/mol. The summed E-state index contributed by atoms with van der Waals surface area (Å²) in [5, 5.41) is 2.81. The highest BCUT2D eigenvalue weighted by Crippen LogP contribution is 2.28. The number of methoxy groups -OCH3 is 1. The number of ether oxygens (including phenoxy) is 2. The normalized spacial score (nSPS) is 19.2. The third-order valence-corrected chi connectivity index (χ3v) is 5.03. The van der Waals surface area contributed by atoms with Crippen LogP contribution in [0.3, 0.4) is 0 Å². The SMILES string of the molecule is COCC(=O)N1CCN(c2ccc(N3CC(CNCC(N)=O)OC3=O)cc2F)CC1. The summed E-state index contributed by atoms with van der Waals surface area (Å²) in [5.41, 5.74) is 5.88. The molecule has 11 heteroatoms. The van der Waals surface area contributed by atoms with Crippen molar-refractivity contribution in [2.45, 2.75) is 6.10 Å². The average Bonchev–Trinajstić information content (AvgIpc) is 3.08. The summed E-state index contributed by atoms with van der Waals surface area (Å²) in [7, 11) is 1.47. The second-order valence-electron chi connectivity index (χ2n) is 7.15. The summed E-state index contributed by atoms with van der Waals surface area (Å²) in [6, 6.07) is 4.60. The Kier molecular flexibility index (Phi) is 7.06. The van der Waals surface area contributed by atoms with Gasteiger partial charge in [0, 0.05) is 39.8 Å². The molecule has 1 aromatic rings. The Labute approximate surface area is 173 Å². The van der Waals surface area contributed by atoms with Crippen LogP contribution in [0.2, 0.25) is 0 Å². The number of rotatable bonds is 8. The van der Waals surface area contributed by atoms with Gasteiger partial charge >= 0.3 is 6.09 Å². The summed E-state index contributed by atoms with van der Waals surface area (Å²) >= 11 is 0. The van der Waals surface area contributed by atoms with Crippen LogP contribution in [-0.4, -0.2) is 88.4 Å². The molecular weight excluding hydrogens is 397 g/mol. The Bertz CT molecular complexity index is 800. The van der Waals surface area contributed by atoms with E-state index in [1.54, 1.807) is 17.0 Å². The number of hydrogen-bond acceptors (Lipinski definition) is 7. The van der Waals surface area contributed by atoms with Crippen molar-refractivity contribution in [3.63, 3.8) is 0 Å². The predicted octanol–water partition coefficient (Wildman–Crippen LogP) is -0.479. The summed E-state index contributed by atoms with van der Waals surface area (Å²) in [4.78, 5) is 39.7. The van der Waals surface area contributed by atoms with Crippen LogP contribution in [0.4, 0.5) is 20.6 Å². The first-order valence-corrected chi connectivity index (χ1v) is 9.67. The molecule has 3 N–H and O–H groups in total. The van der Waals surface area contributed by atoms with Crippen molar-refractivity contribution in [1.29, 1.82) is 0 Å². The van der Waals surface area contributed by atoms with Gasteiger partial charge in [-0.3, -0.25) is 14.5 Å². The zero-order chi connectivity index (χ0) is 21.7. The lowest BCUT2D eigenvalue weighted by Crippen LogP contribution is -2.50. The van der Waals surface area contributed by atoms with Crippen molar-refractivity contribution in [3.8, 4) is 0 Å². The highest BCUT2D eigenvalue weighted by atomic mass is 19.1. The van der Waals surface area contributed by atoms with Crippen molar-refractivity contribution in [2.24, 2.45) is 5.73 Å². The smallest absolute Gasteiger partial charge is 0.414 e. The molecular formula is C19H26FN5O5. The Morgan fingerprint density at radius 3 is 2.67 bits per heavy atom. The minimum absolute atomic E-state index is 0.0122. The molecule has 0 spiro atoms. The largest absolute Gasteiger partial charge is 0.443 e. The lowest BCUT2D eigenvalue weighted by Gasteiger charge is -2.36. The molecule has 0 bridgehead atoms. The van der Waals surface area contributed by atoms with Gasteiger partial charge in [-0.25, -0.2) is 9.18 Å². The summed E-state index contributed by atoms with van der Waals surface area (Å²) in [5.74, 6) is -1.04. The van der Waals surface area contributed by atoms with E-state index in [4.69, 9.17) is 15.2 Å². The molecule has 2 aliphatic rings. The van der Waals surface area contributed by atoms with Gasteiger partial charge in [0.2, 0.25) is 11.8 Å². The van der Waals surface area contributed by atoms with Crippen molar-refractivity contribution in [2.75, 3.05) is 69.3 Å². The van der Waals surface area contributed by atoms with Crippen molar-refractivity contribution < 1.29 is 28.2 Å². The van der Waals surface area contributed by atoms with Gasteiger partial charge in [0.25, 0.3) is 0 Å². The number of carbonyl (C=O) groups excluding carboxylic acids is 3. The van der Waals surface area contributed by atoms with Crippen LogP contribution in [0.5, 0.6) is 0 Å². The molecule has 2 aliphatic heterocycles. The molecule has 1 unspecified atom stereocenters. The molecule has 1 aromatic carbocycles. The van der Waals surface area contributed by atoms with Crippen LogP contribution >= 0.6 is 0 Å². The van der Waals surface area contributed by atoms with Crippen LogP contribution in [0, 0.1) is 5.82 Å². The number of nitrogens with two attached hydrogens (primary N) is 1. The van der Waals surface area contributed by atoms with E-state index in [9.17, 15) is 18.8 Å². The average molecular weight is 423 g/mol. The molecule has 2 saturated heterocycles. The first kappa shape index (κ1) is 21.8. The van der Waals surface area contributed by atoms with Gasteiger partial charge in [-0.15, -0.1) is 0 Å². The molecule has 2 heterocycles. The van der Waals surface area contributed by atoms with Gasteiger partial charge in [-0.1, -0.05) is 0 Å². The Morgan fingerprint density at radius 1 is 1.30 bits per heavy atom. The Morgan fingerprint density at radius 2 is 2.03 bits per heavy atom. The standard InChI is InChI=1S/C19H26FN5O5/c1-29-12-18(27)24-6-4-23(5-7-24)16-3-2-13(8-15(16)20)25-11-14(30-19(25)28)9-22-10-17(21)26/h2-3,8,14,22H,4-7,9-12H2,1H3,(H2,21,26). The van der Waals surface area contributed by atoms with Gasteiger partial charge in [-0.05, 0) is 18.2 Å². The number of piperazine rings is 1. The van der Waals surface area contributed by atoms with E-state index in [-0.39, 0.29) is 32.1 Å². The van der Waals surface area contributed by atoms with Crippen molar-refractivity contribution >= 4 is 29.3 Å². The molecule has 10 nitrogen and oxygen atoms in total. The van der Waals surface area contributed by atoms with Crippen molar-refractivity contribution in [1.82, 2.24) is 10.2 Å². The first-order valence-electron chi connectivity index (χ1n) is 9.67. The molecule has 0 saturated carbocycles. The predicted molar refractivity (Wildman–Crippen MR) is 107 cm³/mol. The molecule has 164 valence electrons. The number of hydrogen-bond donors (Lipinski definition) is 2. The molecule has 0 aliphatic carbocycles. The number of nitrogens with zero attached hydrogens (tertiary/aromatic N) is 3. The fraction of sp³-hybridized carbons (Fsp3) is 0.526. The van der Waals surface area contributed by atoms with Crippen LogP contribution in [0.25, 0.3) is 0 Å². The third-order valence-electron chi connectivity index (χ3n) is 5.03. The zero-order valence-corrected chi connectivity index (χ0v) is 16.8. The minimum atomic E-state index is -0.571. The Balaban J connectivity index is 1.58. The molecule has 30 heavy (non-hydrogen) atoms. The van der Waals surface area contributed by atoms with Crippen molar-refractivity contribution in [3.05, 3.63) is 24.0 Å². The number of primary amides is 1. The van der Waals surface area contributed by atoms with E-state index in [1.807, 2.05) is 4.90 Å². The molecule has 3 amide bonds. The van der Waals surface area contributed by atoms with Gasteiger partial charge in [0.05, 0.1) is 24.5 Å². The number of cyclic esters (lactones) is 1. The van der Waals surface area contributed by atoms with Crippen LogP contribution < -0.4 is 20.9 Å². The van der Waals surface area contributed by atoms with E-state index in [0.717, 1.165) is 0 Å². The van der Waals surface area contributed by atoms with E-state index in [2.05, 4.69) is 5.32 Å². The van der Waals surface area contributed by atoms with Gasteiger partial charge < -0.3 is 30.3 Å². The second-order valence-corrected chi connectivity index (χ2v) is 7.15. The minimum Gasteiger partial charge on any atom is -0.443 e. The van der Waals surface area contributed by atoms with Gasteiger partial charge in [0.15, 0.2) is 0 Å². The fourth-order valence-corrected chi connectivity index (χ4v) is 3.53. The molecule has 1 atom stereocenters. The number of amides is 3. The van der Waals surface area contributed by atoms with E-state index in [0.29, 0.717) is 37.6 Å². The second kappa shape index (κ2) is 9.72. The third kappa shape index (κ3) is 5.16. The first-order chi connectivity index (χ1) is 14.4. The zero-order valence-electron chi connectivity index (χ0n) is 16.8. The van der Waals surface area contributed by atoms with Crippen LogP contribution in [-0.2, 0) is 19.1 Å². The lowest BCUT2D eigenvalue weighted by atomic mass is 10.2. The van der Waals surface area contributed by atoms with Crippen LogP contribution in [0.1, 0.15) is 0 Å². The maximum atomic E-state index is 14.8. The maximum absolute atomic E-state index is 14.8. The lowest BCUT2D eigenvalue weighted by molar-refractivity contribution is -0.135. The molecule has 0 radical (unpaired) electrons. The number of halogens is 1. The molecule has 3 rings (SSSR count). The van der Waals surface area contributed by atoms with E-state index in [1.165, 1.54) is 18.1 Å². The fourth-order valence-electron chi connectivity index (χ4n) is 3.53. The van der Waals surface area contributed by atoms with Gasteiger partial charge in [0.1, 0.15) is 18.5 Å². The Hall–Kier alpha value is -2.92. The van der Waals surface area contributed by atoms with Crippen LogP contribution in [0.15, 0.2) is 18.2 Å². The summed E-state index contributed by atoms with van der Waals surface area (Å²) in [6.07, 6.45) is -1.03. The van der Waals surface area contributed by atoms with E-state index >= 15 is 0 Å². The number of benzene rings is 1. The van der Waals surface area contributed by atoms with Gasteiger partial charge in [-0.2, -0.15) is 0 Å². The molecule has 2 fully saturated rings. The topological polar surface area (TPSA) is 117 Å². The maximum Gasteiger partial charge on any atom is 0.414 e. The number of carbonyl (C=O) groups is 3. The highest BCUT2D eigenvalue weighted by molar-refractivity contribution is 5.90. The quantitative estimate of drug-likeness (QED) is 0.580. The highest BCUT2D eigenvalue weighted by Gasteiger charge is 2.33. The summed E-state index contributed by atoms with van der Waals surface area (Å²) < 4.78 is 24.9. The number of nitrogens with one attached hydrogen (secondary N) is 1.